The van der Waals surface area contributed by atoms with Crippen LogP contribution in [0.1, 0.15) is 69.4 Å². The molecule has 20 heavy (non-hydrogen) atoms. The molecule has 0 aromatic heterocycles. The average Bonchev–Trinajstić information content (AvgIpc) is 2.49. The highest BCUT2D eigenvalue weighted by atomic mass is 14.5. The first-order valence-corrected chi connectivity index (χ1v) is 8.23. The third-order valence-corrected chi connectivity index (χ3v) is 4.47. The summed E-state index contributed by atoms with van der Waals surface area (Å²) in [6.45, 7) is 5.26. The maximum Gasteiger partial charge on any atom is -0.00424 e. The molecular formula is C19H29N. The van der Waals surface area contributed by atoms with E-state index in [-0.39, 0.29) is 0 Å². The number of rotatable bonds is 5. The number of benzene rings is 1. The van der Waals surface area contributed by atoms with Crippen LogP contribution in [0.5, 0.6) is 0 Å². The highest BCUT2D eigenvalue weighted by Gasteiger charge is 2.15. The Morgan fingerprint density at radius 1 is 1.15 bits per heavy atom. The fourth-order valence-electron chi connectivity index (χ4n) is 3.31. The van der Waals surface area contributed by atoms with E-state index < -0.39 is 0 Å². The maximum atomic E-state index is 5.63. The second kappa shape index (κ2) is 7.64. The summed E-state index contributed by atoms with van der Waals surface area (Å²) in [7, 11) is 0. The van der Waals surface area contributed by atoms with E-state index in [4.69, 9.17) is 5.73 Å². The zero-order valence-corrected chi connectivity index (χ0v) is 13.1. The van der Waals surface area contributed by atoms with Crippen LogP contribution in [-0.2, 0) is 0 Å². The molecule has 0 saturated heterocycles. The lowest BCUT2D eigenvalue weighted by Gasteiger charge is -2.22. The number of hydrogen-bond acceptors (Lipinski definition) is 1. The quantitative estimate of drug-likeness (QED) is 0.790. The molecule has 1 aliphatic carbocycles. The van der Waals surface area contributed by atoms with Gasteiger partial charge in [-0.05, 0) is 54.3 Å². The highest BCUT2D eigenvalue weighted by Crippen LogP contribution is 2.33. The Balaban J connectivity index is 2.13. The van der Waals surface area contributed by atoms with Crippen LogP contribution >= 0.6 is 0 Å². The molecule has 1 aromatic rings. The molecule has 110 valence electrons. The zero-order valence-electron chi connectivity index (χ0n) is 13.1. The van der Waals surface area contributed by atoms with Gasteiger partial charge in [0.15, 0.2) is 0 Å². The van der Waals surface area contributed by atoms with Crippen molar-refractivity contribution in [1.29, 1.82) is 0 Å². The average molecular weight is 271 g/mol. The van der Waals surface area contributed by atoms with Crippen molar-refractivity contribution in [3.8, 4) is 0 Å². The van der Waals surface area contributed by atoms with E-state index in [9.17, 15) is 0 Å². The molecule has 0 unspecified atom stereocenters. The molecule has 1 heteroatoms. The normalized spacial score (nSPS) is 17.7. The summed E-state index contributed by atoms with van der Waals surface area (Å²) in [5, 5.41) is 0. The second-order valence-electron chi connectivity index (χ2n) is 6.35. The summed E-state index contributed by atoms with van der Waals surface area (Å²) in [4.78, 5) is 0. The fraction of sp³-hybridized carbons (Fsp3) is 0.579. The minimum absolute atomic E-state index is 0.557. The van der Waals surface area contributed by atoms with E-state index >= 15 is 0 Å². The highest BCUT2D eigenvalue weighted by molar-refractivity contribution is 5.67. The molecule has 2 rings (SSSR count). The summed E-state index contributed by atoms with van der Waals surface area (Å²) < 4.78 is 0. The van der Waals surface area contributed by atoms with Gasteiger partial charge in [-0.3, -0.25) is 0 Å². The molecule has 0 spiro atoms. The topological polar surface area (TPSA) is 26.0 Å². The van der Waals surface area contributed by atoms with Gasteiger partial charge in [0.2, 0.25) is 0 Å². The first-order valence-electron chi connectivity index (χ1n) is 8.23. The van der Waals surface area contributed by atoms with Crippen molar-refractivity contribution in [2.75, 3.05) is 6.54 Å². The number of allylic oxidation sites excluding steroid dienone is 1. The predicted octanol–water partition coefficient (Wildman–Crippen LogP) is 5.12. The molecule has 0 amide bonds. The van der Waals surface area contributed by atoms with Gasteiger partial charge in [0.1, 0.15) is 0 Å². The van der Waals surface area contributed by atoms with Gasteiger partial charge in [-0.1, -0.05) is 63.5 Å². The van der Waals surface area contributed by atoms with Crippen molar-refractivity contribution >= 4 is 5.57 Å². The molecular weight excluding hydrogens is 242 g/mol. The van der Waals surface area contributed by atoms with Crippen molar-refractivity contribution < 1.29 is 0 Å². The van der Waals surface area contributed by atoms with Crippen LogP contribution in [0.3, 0.4) is 0 Å². The van der Waals surface area contributed by atoms with Crippen LogP contribution in [0.2, 0.25) is 0 Å². The molecule has 1 aliphatic rings. The van der Waals surface area contributed by atoms with E-state index in [1.54, 1.807) is 0 Å². The van der Waals surface area contributed by atoms with Crippen LogP contribution in [0, 0.1) is 5.92 Å². The van der Waals surface area contributed by atoms with Crippen LogP contribution in [0.25, 0.3) is 5.57 Å². The third kappa shape index (κ3) is 3.96. The van der Waals surface area contributed by atoms with Crippen molar-refractivity contribution in [3.63, 3.8) is 0 Å². The molecule has 0 bridgehead atoms. The second-order valence-corrected chi connectivity index (χ2v) is 6.35. The molecule has 1 nitrogen and oxygen atoms in total. The van der Waals surface area contributed by atoms with E-state index in [1.807, 2.05) is 0 Å². The third-order valence-electron chi connectivity index (χ3n) is 4.47. The molecule has 1 fully saturated rings. The van der Waals surface area contributed by atoms with Gasteiger partial charge in [0.25, 0.3) is 0 Å². The van der Waals surface area contributed by atoms with E-state index in [0.717, 1.165) is 18.9 Å². The molecule has 1 aromatic carbocycles. The van der Waals surface area contributed by atoms with Crippen LogP contribution in [0.15, 0.2) is 30.3 Å². The van der Waals surface area contributed by atoms with Crippen molar-refractivity contribution in [1.82, 2.24) is 0 Å². The summed E-state index contributed by atoms with van der Waals surface area (Å²) in [5.74, 6) is 1.36. The van der Waals surface area contributed by atoms with Crippen molar-refractivity contribution in [2.24, 2.45) is 11.7 Å². The van der Waals surface area contributed by atoms with Gasteiger partial charge in [-0.25, -0.2) is 0 Å². The zero-order chi connectivity index (χ0) is 14.4. The molecule has 0 radical (unpaired) electrons. The Bertz CT molecular complexity index is 422. The minimum atomic E-state index is 0.557. The van der Waals surface area contributed by atoms with Gasteiger partial charge < -0.3 is 5.73 Å². The fourth-order valence-corrected chi connectivity index (χ4v) is 3.31. The largest absolute Gasteiger partial charge is 0.330 e. The Morgan fingerprint density at radius 2 is 1.80 bits per heavy atom. The van der Waals surface area contributed by atoms with E-state index in [1.165, 1.54) is 48.8 Å². The van der Waals surface area contributed by atoms with Crippen LogP contribution in [0.4, 0.5) is 0 Å². The minimum Gasteiger partial charge on any atom is -0.330 e. The SMILES string of the molecule is CC(C)/C(=C\CCN)c1ccc(C2CCCCC2)cc1. The first-order chi connectivity index (χ1) is 9.72. The van der Waals surface area contributed by atoms with E-state index in [2.05, 4.69) is 44.2 Å². The summed E-state index contributed by atoms with van der Waals surface area (Å²) in [6.07, 6.45) is 10.3. The Morgan fingerprint density at radius 3 is 2.35 bits per heavy atom. The predicted molar refractivity (Wildman–Crippen MR) is 88.8 cm³/mol. The smallest absolute Gasteiger partial charge is 0.00424 e. The molecule has 0 heterocycles. The van der Waals surface area contributed by atoms with Crippen molar-refractivity contribution in [3.05, 3.63) is 41.5 Å². The maximum absolute atomic E-state index is 5.63. The van der Waals surface area contributed by atoms with Gasteiger partial charge in [-0.2, -0.15) is 0 Å². The van der Waals surface area contributed by atoms with Gasteiger partial charge in [0.05, 0.1) is 0 Å². The molecule has 0 atom stereocenters. The molecule has 1 saturated carbocycles. The lowest BCUT2D eigenvalue weighted by molar-refractivity contribution is 0.443. The number of hydrogen-bond donors (Lipinski definition) is 1. The van der Waals surface area contributed by atoms with E-state index in [0.29, 0.717) is 5.92 Å². The Kier molecular flexibility index (Phi) is 5.85. The summed E-state index contributed by atoms with van der Waals surface area (Å²) >= 11 is 0. The Labute approximate surface area is 124 Å². The van der Waals surface area contributed by atoms with Gasteiger partial charge >= 0.3 is 0 Å². The standard InChI is InChI=1S/C19H29N/c1-15(2)19(9-6-14-20)18-12-10-17(11-13-18)16-7-4-3-5-8-16/h9-13,15-16H,3-8,14,20H2,1-2H3/b19-9+. The van der Waals surface area contributed by atoms with Gasteiger partial charge in [-0.15, -0.1) is 0 Å². The number of nitrogens with two attached hydrogens (primary N) is 1. The molecule has 2 N–H and O–H groups in total. The first kappa shape index (κ1) is 15.3. The van der Waals surface area contributed by atoms with Crippen LogP contribution < -0.4 is 5.73 Å². The monoisotopic (exact) mass is 271 g/mol. The molecule has 0 aliphatic heterocycles. The van der Waals surface area contributed by atoms with Gasteiger partial charge in [0, 0.05) is 0 Å². The lowest BCUT2D eigenvalue weighted by Crippen LogP contribution is -2.04. The lowest BCUT2D eigenvalue weighted by atomic mass is 9.83. The Hall–Kier alpha value is -1.08. The summed E-state index contributed by atoms with van der Waals surface area (Å²) in [6, 6.07) is 9.33. The van der Waals surface area contributed by atoms with Crippen molar-refractivity contribution in [2.45, 2.75) is 58.3 Å². The van der Waals surface area contributed by atoms with Crippen LogP contribution in [-0.4, -0.2) is 6.54 Å². The summed E-state index contributed by atoms with van der Waals surface area (Å²) in [5.41, 5.74) is 9.97.